The highest BCUT2D eigenvalue weighted by atomic mass is 19.1. The van der Waals surface area contributed by atoms with Crippen LogP contribution in [0.2, 0.25) is 0 Å². The third-order valence-electron chi connectivity index (χ3n) is 5.66. The number of carbonyl (C=O) groups is 3. The molecule has 0 aromatic heterocycles. The number of halogens is 1. The molecule has 0 radical (unpaired) electrons. The molecule has 2 heterocycles. The lowest BCUT2D eigenvalue weighted by atomic mass is 9.89. The van der Waals surface area contributed by atoms with Crippen molar-refractivity contribution in [2.75, 3.05) is 25.5 Å². The molecule has 7 nitrogen and oxygen atoms in total. The van der Waals surface area contributed by atoms with Crippen LogP contribution in [0.15, 0.2) is 42.5 Å². The largest absolute Gasteiger partial charge is 0.497 e. The van der Waals surface area contributed by atoms with Crippen LogP contribution in [-0.2, 0) is 9.59 Å². The number of ketones is 1. The third kappa shape index (κ3) is 4.52. The number of amides is 2. The Morgan fingerprint density at radius 2 is 1.97 bits per heavy atom. The summed E-state index contributed by atoms with van der Waals surface area (Å²) in [6.07, 6.45) is 0.812. The van der Waals surface area contributed by atoms with Gasteiger partial charge in [-0.1, -0.05) is 0 Å². The van der Waals surface area contributed by atoms with Gasteiger partial charge in [-0.3, -0.25) is 14.4 Å². The number of nitrogens with zero attached hydrogens (tertiary/aromatic N) is 1. The predicted molar refractivity (Wildman–Crippen MR) is 111 cm³/mol. The van der Waals surface area contributed by atoms with Crippen LogP contribution in [-0.4, -0.2) is 48.3 Å². The fraction of sp³-hybridized carbons (Fsp3) is 0.348. The second-order valence-electron chi connectivity index (χ2n) is 7.87. The second-order valence-corrected chi connectivity index (χ2v) is 7.87. The van der Waals surface area contributed by atoms with E-state index in [0.29, 0.717) is 42.3 Å². The molecule has 2 aliphatic rings. The molecule has 8 heteroatoms. The number of carbonyl (C=O) groups excluding carboxylic acids is 3. The van der Waals surface area contributed by atoms with Crippen molar-refractivity contribution >= 4 is 23.3 Å². The Balaban J connectivity index is 1.33. The zero-order chi connectivity index (χ0) is 22.0. The topological polar surface area (TPSA) is 84.9 Å². The first-order chi connectivity index (χ1) is 14.9. The van der Waals surface area contributed by atoms with Gasteiger partial charge in [-0.05, 0) is 42.5 Å². The number of fused-ring (bicyclic) bond motifs is 1. The Morgan fingerprint density at radius 3 is 2.71 bits per heavy atom. The van der Waals surface area contributed by atoms with Gasteiger partial charge in [0.15, 0.2) is 5.78 Å². The van der Waals surface area contributed by atoms with Crippen LogP contribution in [0.4, 0.5) is 10.1 Å². The standard InChI is InChI=1S/C23H23FN2O5/c1-30-17-6-7-20-18(12-17)19(27)13-23(31-20)10-11-26(14-23)22(29)9-8-21(28)25-16-4-2-15(24)3-5-16/h2-7,12H,8-11,13-14H2,1H3,(H,25,28). The Kier molecular flexibility index (Phi) is 5.63. The molecule has 2 amide bonds. The third-order valence-corrected chi connectivity index (χ3v) is 5.66. The van der Waals surface area contributed by atoms with Crippen LogP contribution >= 0.6 is 0 Å². The summed E-state index contributed by atoms with van der Waals surface area (Å²) in [6.45, 7) is 0.778. The van der Waals surface area contributed by atoms with E-state index in [9.17, 15) is 18.8 Å². The van der Waals surface area contributed by atoms with Crippen molar-refractivity contribution in [2.45, 2.75) is 31.3 Å². The average Bonchev–Trinajstić information content (AvgIpc) is 3.16. The van der Waals surface area contributed by atoms with Crippen molar-refractivity contribution in [3.63, 3.8) is 0 Å². The van der Waals surface area contributed by atoms with E-state index in [1.165, 1.54) is 31.4 Å². The summed E-state index contributed by atoms with van der Waals surface area (Å²) in [5.41, 5.74) is 0.237. The Hall–Kier alpha value is -3.42. The van der Waals surface area contributed by atoms with Crippen molar-refractivity contribution in [3.8, 4) is 11.5 Å². The van der Waals surface area contributed by atoms with Gasteiger partial charge in [0.05, 0.1) is 25.6 Å². The zero-order valence-electron chi connectivity index (χ0n) is 17.2. The quantitative estimate of drug-likeness (QED) is 0.794. The summed E-state index contributed by atoms with van der Waals surface area (Å²) in [6, 6.07) is 10.6. The summed E-state index contributed by atoms with van der Waals surface area (Å²) in [4.78, 5) is 39.0. The Bertz CT molecular complexity index is 1020. The molecule has 1 unspecified atom stereocenters. The van der Waals surface area contributed by atoms with Crippen molar-refractivity contribution in [2.24, 2.45) is 0 Å². The number of hydrogen-bond acceptors (Lipinski definition) is 5. The van der Waals surface area contributed by atoms with Crippen LogP contribution < -0.4 is 14.8 Å². The number of ether oxygens (including phenoxy) is 2. The van der Waals surface area contributed by atoms with Gasteiger partial charge in [0.1, 0.15) is 22.9 Å². The summed E-state index contributed by atoms with van der Waals surface area (Å²) < 4.78 is 24.3. The van der Waals surface area contributed by atoms with E-state index in [0.717, 1.165) is 0 Å². The Morgan fingerprint density at radius 1 is 1.19 bits per heavy atom. The molecule has 1 atom stereocenters. The molecular formula is C23H23FN2O5. The van der Waals surface area contributed by atoms with Crippen molar-refractivity contribution in [1.82, 2.24) is 4.90 Å². The van der Waals surface area contributed by atoms with Gasteiger partial charge >= 0.3 is 0 Å². The normalized spacial score (nSPS) is 19.7. The molecule has 1 saturated heterocycles. The smallest absolute Gasteiger partial charge is 0.224 e. The minimum atomic E-state index is -0.731. The van der Waals surface area contributed by atoms with Gasteiger partial charge in [0.2, 0.25) is 11.8 Å². The van der Waals surface area contributed by atoms with Gasteiger partial charge in [0.25, 0.3) is 0 Å². The van der Waals surface area contributed by atoms with Crippen molar-refractivity contribution in [3.05, 3.63) is 53.8 Å². The van der Waals surface area contributed by atoms with Crippen LogP contribution in [0, 0.1) is 5.82 Å². The first kappa shape index (κ1) is 20.8. The minimum absolute atomic E-state index is 0.0160. The molecule has 2 aromatic rings. The number of benzene rings is 2. The molecule has 0 aliphatic carbocycles. The lowest BCUT2D eigenvalue weighted by Crippen LogP contribution is -2.45. The molecule has 1 N–H and O–H groups in total. The van der Waals surface area contributed by atoms with Crippen molar-refractivity contribution < 1.29 is 28.2 Å². The molecule has 1 fully saturated rings. The number of likely N-dealkylation sites (tertiary alicyclic amines) is 1. The van der Waals surface area contributed by atoms with Gasteiger partial charge in [-0.2, -0.15) is 0 Å². The first-order valence-corrected chi connectivity index (χ1v) is 10.1. The number of hydrogen-bond donors (Lipinski definition) is 1. The minimum Gasteiger partial charge on any atom is -0.497 e. The predicted octanol–water partition coefficient (Wildman–Crippen LogP) is 3.19. The van der Waals surface area contributed by atoms with E-state index in [4.69, 9.17) is 9.47 Å². The monoisotopic (exact) mass is 426 g/mol. The molecule has 31 heavy (non-hydrogen) atoms. The summed E-state index contributed by atoms with van der Waals surface area (Å²) in [5.74, 6) is 0.191. The number of nitrogens with one attached hydrogen (secondary N) is 1. The molecule has 162 valence electrons. The van der Waals surface area contributed by atoms with E-state index in [-0.39, 0.29) is 42.7 Å². The molecular weight excluding hydrogens is 403 g/mol. The summed E-state index contributed by atoms with van der Waals surface area (Å²) in [7, 11) is 1.54. The molecule has 2 aliphatic heterocycles. The molecule has 0 saturated carbocycles. The van der Waals surface area contributed by atoms with Crippen LogP contribution in [0.25, 0.3) is 0 Å². The Labute approximate surface area is 179 Å². The first-order valence-electron chi connectivity index (χ1n) is 10.1. The number of anilines is 1. The highest BCUT2D eigenvalue weighted by molar-refractivity contribution is 6.01. The average molecular weight is 426 g/mol. The van der Waals surface area contributed by atoms with E-state index in [1.54, 1.807) is 23.1 Å². The van der Waals surface area contributed by atoms with Gasteiger partial charge in [0, 0.05) is 31.5 Å². The number of Topliss-reactive ketones (excluding diaryl/α,β-unsaturated/α-hetero) is 1. The van der Waals surface area contributed by atoms with Gasteiger partial charge in [-0.15, -0.1) is 0 Å². The number of methoxy groups -OCH3 is 1. The SMILES string of the molecule is COc1ccc2c(c1)C(=O)CC1(CCN(C(=O)CCC(=O)Nc3ccc(F)cc3)C1)O2. The maximum atomic E-state index is 12.9. The van der Waals surface area contributed by atoms with Gasteiger partial charge < -0.3 is 19.7 Å². The van der Waals surface area contributed by atoms with E-state index in [1.807, 2.05) is 0 Å². The maximum absolute atomic E-state index is 12.9. The fourth-order valence-electron chi connectivity index (χ4n) is 4.02. The highest BCUT2D eigenvalue weighted by Crippen LogP contribution is 2.40. The molecule has 4 rings (SSSR count). The molecule has 1 spiro atoms. The number of rotatable bonds is 5. The highest BCUT2D eigenvalue weighted by Gasteiger charge is 2.47. The zero-order valence-corrected chi connectivity index (χ0v) is 17.2. The fourth-order valence-corrected chi connectivity index (χ4v) is 4.02. The molecule has 2 aromatic carbocycles. The molecule has 0 bridgehead atoms. The lowest BCUT2D eigenvalue weighted by molar-refractivity contribution is -0.132. The van der Waals surface area contributed by atoms with Crippen LogP contribution in [0.1, 0.15) is 36.0 Å². The maximum Gasteiger partial charge on any atom is 0.224 e. The second kappa shape index (κ2) is 8.37. The van der Waals surface area contributed by atoms with Crippen LogP contribution in [0.5, 0.6) is 11.5 Å². The van der Waals surface area contributed by atoms with Crippen LogP contribution in [0.3, 0.4) is 0 Å². The van der Waals surface area contributed by atoms with E-state index >= 15 is 0 Å². The van der Waals surface area contributed by atoms with E-state index in [2.05, 4.69) is 5.32 Å². The van der Waals surface area contributed by atoms with Gasteiger partial charge in [-0.25, -0.2) is 4.39 Å². The summed E-state index contributed by atoms with van der Waals surface area (Å²) in [5, 5.41) is 2.64. The summed E-state index contributed by atoms with van der Waals surface area (Å²) >= 11 is 0. The van der Waals surface area contributed by atoms with E-state index < -0.39 is 5.60 Å². The van der Waals surface area contributed by atoms with Crippen molar-refractivity contribution in [1.29, 1.82) is 0 Å². The lowest BCUT2D eigenvalue weighted by Gasteiger charge is -2.34.